The van der Waals surface area contributed by atoms with E-state index in [0.29, 0.717) is 5.92 Å². The van der Waals surface area contributed by atoms with Crippen LogP contribution in [0.2, 0.25) is 39.3 Å². The first-order valence-electron chi connectivity index (χ1n) is 8.61. The zero-order valence-electron chi connectivity index (χ0n) is 16.0. The van der Waals surface area contributed by atoms with Crippen LogP contribution >= 0.6 is 0 Å². The molecule has 0 heterocycles. The van der Waals surface area contributed by atoms with Gasteiger partial charge < -0.3 is 8.85 Å². The lowest BCUT2D eigenvalue weighted by atomic mass is 9.93. The third-order valence-electron chi connectivity index (χ3n) is 3.61. The lowest BCUT2D eigenvalue weighted by Crippen LogP contribution is -2.29. The number of benzene rings is 2. The monoisotopic (exact) mass is 358 g/mol. The van der Waals surface area contributed by atoms with Gasteiger partial charge in [-0.25, -0.2) is 0 Å². The summed E-state index contributed by atoms with van der Waals surface area (Å²) >= 11 is 0. The van der Waals surface area contributed by atoms with E-state index in [1.54, 1.807) is 0 Å². The molecular weight excluding hydrogens is 328 g/mol. The van der Waals surface area contributed by atoms with Crippen LogP contribution in [0.4, 0.5) is 0 Å². The van der Waals surface area contributed by atoms with E-state index >= 15 is 0 Å². The van der Waals surface area contributed by atoms with Crippen LogP contribution in [0.15, 0.2) is 48.5 Å². The van der Waals surface area contributed by atoms with Gasteiger partial charge in [0, 0.05) is 5.92 Å². The van der Waals surface area contributed by atoms with Gasteiger partial charge in [-0.15, -0.1) is 0 Å². The van der Waals surface area contributed by atoms with Gasteiger partial charge in [0.2, 0.25) is 16.6 Å². The second kappa shape index (κ2) is 7.15. The highest BCUT2D eigenvalue weighted by Crippen LogP contribution is 2.28. The molecule has 0 saturated heterocycles. The fourth-order valence-electron chi connectivity index (χ4n) is 2.55. The second-order valence-corrected chi connectivity index (χ2v) is 17.1. The van der Waals surface area contributed by atoms with Crippen molar-refractivity contribution in [1.29, 1.82) is 0 Å². The zero-order valence-corrected chi connectivity index (χ0v) is 18.0. The van der Waals surface area contributed by atoms with E-state index in [1.165, 1.54) is 11.1 Å². The summed E-state index contributed by atoms with van der Waals surface area (Å²) in [7, 11) is -3.09. The van der Waals surface area contributed by atoms with Crippen molar-refractivity contribution in [2.75, 3.05) is 0 Å². The van der Waals surface area contributed by atoms with E-state index in [1.807, 2.05) is 0 Å². The molecule has 0 aliphatic rings. The van der Waals surface area contributed by atoms with Crippen molar-refractivity contribution in [3.63, 3.8) is 0 Å². The molecule has 0 unspecified atom stereocenters. The summed E-state index contributed by atoms with van der Waals surface area (Å²) in [5, 5.41) is 0. The molecule has 2 aromatic rings. The maximum absolute atomic E-state index is 6.03. The Morgan fingerprint density at radius 3 is 1.12 bits per heavy atom. The lowest BCUT2D eigenvalue weighted by molar-refractivity contribution is 0.557. The fraction of sp³-hybridized carbons (Fsp3) is 0.400. The largest absolute Gasteiger partial charge is 0.544 e. The fourth-order valence-corrected chi connectivity index (χ4v) is 4.24. The highest BCUT2D eigenvalue weighted by Gasteiger charge is 2.18. The molecule has 0 amide bonds. The quantitative estimate of drug-likeness (QED) is 0.567. The molecule has 0 aromatic heterocycles. The highest BCUT2D eigenvalue weighted by atomic mass is 28.4. The van der Waals surface area contributed by atoms with Crippen molar-refractivity contribution >= 4 is 16.6 Å². The van der Waals surface area contributed by atoms with Crippen LogP contribution in [0.25, 0.3) is 0 Å². The van der Waals surface area contributed by atoms with Crippen molar-refractivity contribution in [2.45, 2.75) is 52.1 Å². The molecule has 0 N–H and O–H groups in total. The van der Waals surface area contributed by atoms with Crippen molar-refractivity contribution < 1.29 is 8.85 Å². The minimum atomic E-state index is -1.54. The van der Waals surface area contributed by atoms with Crippen LogP contribution in [-0.4, -0.2) is 16.6 Å². The summed E-state index contributed by atoms with van der Waals surface area (Å²) in [5.74, 6) is 2.31. The Balaban J connectivity index is 2.09. The molecule has 0 atom stereocenters. The number of hydrogen-bond acceptors (Lipinski definition) is 2. The standard InChI is InChI=1S/C20H30O2Si2/c1-16(17-8-12-19(13-9-17)21-23(2,3)4)18-10-14-20(15-11-18)22-24(5,6)7/h8-16H,1-7H3. The van der Waals surface area contributed by atoms with Gasteiger partial charge in [-0.05, 0) is 74.7 Å². The molecule has 0 spiro atoms. The van der Waals surface area contributed by atoms with Gasteiger partial charge in [-0.3, -0.25) is 0 Å². The third kappa shape index (κ3) is 5.84. The lowest BCUT2D eigenvalue weighted by Gasteiger charge is -2.21. The predicted octanol–water partition coefficient (Wildman–Crippen LogP) is 6.27. The van der Waals surface area contributed by atoms with E-state index in [2.05, 4.69) is 94.7 Å². The van der Waals surface area contributed by atoms with Crippen LogP contribution in [0.1, 0.15) is 24.0 Å². The average molecular weight is 359 g/mol. The molecule has 0 fully saturated rings. The van der Waals surface area contributed by atoms with E-state index in [-0.39, 0.29) is 0 Å². The molecule has 0 bridgehead atoms. The Kier molecular flexibility index (Phi) is 5.61. The molecule has 2 rings (SSSR count). The molecule has 4 heteroatoms. The van der Waals surface area contributed by atoms with Crippen LogP contribution in [0, 0.1) is 0 Å². The van der Waals surface area contributed by atoms with Crippen molar-refractivity contribution in [3.05, 3.63) is 59.7 Å². The summed E-state index contributed by atoms with van der Waals surface area (Å²) in [6.45, 7) is 15.5. The van der Waals surface area contributed by atoms with Crippen molar-refractivity contribution in [3.8, 4) is 11.5 Å². The van der Waals surface area contributed by atoms with Gasteiger partial charge in [-0.2, -0.15) is 0 Å². The Bertz CT molecular complexity index is 591. The molecule has 0 saturated carbocycles. The molecule has 0 radical (unpaired) electrons. The minimum absolute atomic E-state index is 0.354. The topological polar surface area (TPSA) is 18.5 Å². The van der Waals surface area contributed by atoms with E-state index < -0.39 is 16.6 Å². The van der Waals surface area contributed by atoms with Crippen molar-refractivity contribution in [1.82, 2.24) is 0 Å². The van der Waals surface area contributed by atoms with E-state index in [9.17, 15) is 0 Å². The first kappa shape index (κ1) is 18.8. The number of rotatable bonds is 6. The van der Waals surface area contributed by atoms with Gasteiger partial charge in [0.15, 0.2) is 0 Å². The van der Waals surface area contributed by atoms with Gasteiger partial charge >= 0.3 is 0 Å². The van der Waals surface area contributed by atoms with Crippen LogP contribution in [0.5, 0.6) is 11.5 Å². The van der Waals surface area contributed by atoms with Crippen molar-refractivity contribution in [2.24, 2.45) is 0 Å². The summed E-state index contributed by atoms with van der Waals surface area (Å²) in [4.78, 5) is 0. The Morgan fingerprint density at radius 1 is 0.583 bits per heavy atom. The molecule has 2 aromatic carbocycles. The van der Waals surface area contributed by atoms with E-state index in [0.717, 1.165) is 11.5 Å². The van der Waals surface area contributed by atoms with Crippen LogP contribution in [-0.2, 0) is 0 Å². The first-order chi connectivity index (χ1) is 11.0. The molecule has 0 aliphatic carbocycles. The van der Waals surface area contributed by atoms with Gasteiger partial charge in [0.05, 0.1) is 0 Å². The first-order valence-corrected chi connectivity index (χ1v) is 15.4. The SMILES string of the molecule is CC(c1ccc(O[Si](C)(C)C)cc1)c1ccc(O[Si](C)(C)C)cc1. The average Bonchev–Trinajstić information content (AvgIpc) is 2.45. The Morgan fingerprint density at radius 2 is 0.875 bits per heavy atom. The minimum Gasteiger partial charge on any atom is -0.544 e. The van der Waals surface area contributed by atoms with Gasteiger partial charge in [-0.1, -0.05) is 31.2 Å². The molecule has 2 nitrogen and oxygen atoms in total. The third-order valence-corrected chi connectivity index (χ3v) is 5.30. The summed E-state index contributed by atoms with van der Waals surface area (Å²) in [6.07, 6.45) is 0. The second-order valence-electron chi connectivity index (χ2n) is 8.29. The Hall–Kier alpha value is -1.53. The molecule has 24 heavy (non-hydrogen) atoms. The van der Waals surface area contributed by atoms with Crippen LogP contribution in [0.3, 0.4) is 0 Å². The van der Waals surface area contributed by atoms with E-state index in [4.69, 9.17) is 8.85 Å². The molecule has 130 valence electrons. The molecule has 0 aliphatic heterocycles. The highest BCUT2D eigenvalue weighted by molar-refractivity contribution is 6.70. The summed E-state index contributed by atoms with van der Waals surface area (Å²) in [6, 6.07) is 17.1. The maximum atomic E-state index is 6.03. The zero-order chi connectivity index (χ0) is 18.0. The van der Waals surface area contributed by atoms with Crippen LogP contribution < -0.4 is 8.85 Å². The van der Waals surface area contributed by atoms with Gasteiger partial charge in [0.1, 0.15) is 11.5 Å². The normalized spacial score (nSPS) is 12.3. The molecular formula is C20H30O2Si2. The maximum Gasteiger partial charge on any atom is 0.242 e. The van der Waals surface area contributed by atoms with Gasteiger partial charge in [0.25, 0.3) is 0 Å². The predicted molar refractivity (Wildman–Crippen MR) is 108 cm³/mol. The number of hydrogen-bond donors (Lipinski definition) is 0. The summed E-state index contributed by atoms with van der Waals surface area (Å²) < 4.78 is 12.1. The Labute approximate surface area is 149 Å². The summed E-state index contributed by atoms with van der Waals surface area (Å²) in [5.41, 5.74) is 2.61. The smallest absolute Gasteiger partial charge is 0.242 e.